The Morgan fingerprint density at radius 3 is 2.87 bits per heavy atom. The van der Waals surface area contributed by atoms with Crippen LogP contribution in [0.25, 0.3) is 0 Å². The van der Waals surface area contributed by atoms with E-state index < -0.39 is 11.0 Å². The number of nitro benzene ring substituents is 1. The molecule has 23 heavy (non-hydrogen) atoms. The average molecular weight is 337 g/mol. The molecule has 1 fully saturated rings. The highest BCUT2D eigenvalue weighted by Gasteiger charge is 2.33. The first-order chi connectivity index (χ1) is 10.9. The molecule has 0 saturated carbocycles. The molecule has 0 amide bonds. The predicted octanol–water partition coefficient (Wildman–Crippen LogP) is 3.49. The van der Waals surface area contributed by atoms with Gasteiger partial charge in [0.1, 0.15) is 0 Å². The number of aliphatic hydroxyl groups excluding tert-OH is 1. The van der Waals surface area contributed by atoms with Crippen molar-refractivity contribution in [1.82, 2.24) is 4.90 Å². The summed E-state index contributed by atoms with van der Waals surface area (Å²) in [5.41, 5.74) is 1.60. The van der Waals surface area contributed by atoms with Crippen molar-refractivity contribution in [2.24, 2.45) is 4.99 Å². The molecular formula is C16H23N3O3S. The van der Waals surface area contributed by atoms with Crippen LogP contribution in [0.15, 0.2) is 23.2 Å². The van der Waals surface area contributed by atoms with Crippen LogP contribution < -0.4 is 0 Å². The zero-order valence-corrected chi connectivity index (χ0v) is 14.5. The lowest BCUT2D eigenvalue weighted by Crippen LogP contribution is -2.41. The van der Waals surface area contributed by atoms with E-state index >= 15 is 0 Å². The van der Waals surface area contributed by atoms with E-state index in [0.717, 1.165) is 41.6 Å². The minimum atomic E-state index is -0.412. The van der Waals surface area contributed by atoms with Crippen molar-refractivity contribution < 1.29 is 10.0 Å². The quantitative estimate of drug-likeness (QED) is 0.635. The van der Waals surface area contributed by atoms with Crippen LogP contribution in [-0.4, -0.2) is 44.5 Å². The predicted molar refractivity (Wildman–Crippen MR) is 94.5 cm³/mol. The first-order valence-corrected chi connectivity index (χ1v) is 8.83. The summed E-state index contributed by atoms with van der Waals surface area (Å²) in [4.78, 5) is 17.3. The number of non-ortho nitro benzene ring substituents is 1. The van der Waals surface area contributed by atoms with Crippen LogP contribution >= 0.6 is 11.8 Å². The number of nitro groups is 1. The molecule has 2 atom stereocenters. The van der Waals surface area contributed by atoms with Crippen molar-refractivity contribution in [2.75, 3.05) is 12.3 Å². The fourth-order valence-electron chi connectivity index (χ4n) is 2.54. The molecule has 1 aromatic carbocycles. The van der Waals surface area contributed by atoms with Gasteiger partial charge < -0.3 is 10.0 Å². The minimum Gasteiger partial charge on any atom is -0.391 e. The van der Waals surface area contributed by atoms with Gasteiger partial charge in [0.2, 0.25) is 0 Å². The Bertz CT molecular complexity index is 604. The average Bonchev–Trinajstić information content (AvgIpc) is 2.89. The number of unbranched alkanes of at least 4 members (excludes halogenated alkanes) is 1. The van der Waals surface area contributed by atoms with Crippen LogP contribution in [0.4, 0.5) is 11.4 Å². The Morgan fingerprint density at radius 1 is 1.57 bits per heavy atom. The van der Waals surface area contributed by atoms with Gasteiger partial charge in [-0.15, -0.1) is 0 Å². The van der Waals surface area contributed by atoms with Gasteiger partial charge in [0.15, 0.2) is 5.17 Å². The maximum Gasteiger partial charge on any atom is 0.269 e. The first-order valence-electron chi connectivity index (χ1n) is 7.85. The van der Waals surface area contributed by atoms with E-state index in [-0.39, 0.29) is 11.7 Å². The summed E-state index contributed by atoms with van der Waals surface area (Å²) in [7, 11) is 0. The summed E-state index contributed by atoms with van der Waals surface area (Å²) in [5.74, 6) is 0.812. The number of nitrogens with zero attached hydrogens (tertiary/aromatic N) is 3. The molecule has 1 aromatic rings. The summed E-state index contributed by atoms with van der Waals surface area (Å²) in [6, 6.07) is 4.79. The van der Waals surface area contributed by atoms with Gasteiger partial charge >= 0.3 is 0 Å². The SMILES string of the molecule is CCCCN1C(=Nc2ccc([N+](=O)[O-])cc2C)SCC1C(C)O. The molecule has 2 rings (SSSR count). The summed E-state index contributed by atoms with van der Waals surface area (Å²) < 4.78 is 0. The zero-order chi connectivity index (χ0) is 17.0. The third-order valence-electron chi connectivity index (χ3n) is 3.95. The van der Waals surface area contributed by atoms with E-state index in [2.05, 4.69) is 11.8 Å². The monoisotopic (exact) mass is 337 g/mol. The number of aliphatic hydroxyl groups is 1. The van der Waals surface area contributed by atoms with Crippen molar-refractivity contribution in [3.8, 4) is 0 Å². The van der Waals surface area contributed by atoms with Crippen LogP contribution in [0.5, 0.6) is 0 Å². The summed E-state index contributed by atoms with van der Waals surface area (Å²) >= 11 is 1.63. The molecular weight excluding hydrogens is 314 g/mol. The normalized spacial score (nSPS) is 21.0. The number of aliphatic imine (C=N–C) groups is 1. The standard InChI is InChI=1S/C16H23N3O3S/c1-4-5-8-18-15(12(3)20)10-23-16(18)17-14-7-6-13(19(21)22)9-11(14)2/h6-7,9,12,15,20H,4-5,8,10H2,1-3H3. The van der Waals surface area contributed by atoms with Crippen LogP contribution in [-0.2, 0) is 0 Å². The molecule has 2 unspecified atom stereocenters. The Morgan fingerprint density at radius 2 is 2.30 bits per heavy atom. The number of hydrogen-bond acceptors (Lipinski definition) is 5. The molecule has 1 aliphatic rings. The fourth-order valence-corrected chi connectivity index (χ4v) is 3.88. The summed E-state index contributed by atoms with van der Waals surface area (Å²) in [5, 5.41) is 21.7. The van der Waals surface area contributed by atoms with E-state index in [1.165, 1.54) is 6.07 Å². The molecule has 1 heterocycles. The maximum absolute atomic E-state index is 10.8. The van der Waals surface area contributed by atoms with Crippen molar-refractivity contribution >= 4 is 28.3 Å². The molecule has 1 aliphatic heterocycles. The molecule has 0 aliphatic carbocycles. The lowest BCUT2D eigenvalue weighted by Gasteiger charge is -2.27. The zero-order valence-electron chi connectivity index (χ0n) is 13.7. The van der Waals surface area contributed by atoms with E-state index in [1.54, 1.807) is 23.9 Å². The smallest absolute Gasteiger partial charge is 0.269 e. The third-order valence-corrected chi connectivity index (χ3v) is 5.04. The van der Waals surface area contributed by atoms with E-state index in [1.807, 2.05) is 13.8 Å². The number of thioether (sulfide) groups is 1. The van der Waals surface area contributed by atoms with Crippen LogP contribution in [0, 0.1) is 17.0 Å². The molecule has 0 bridgehead atoms. The highest BCUT2D eigenvalue weighted by molar-refractivity contribution is 8.14. The Kier molecular flexibility index (Phi) is 6.01. The first kappa shape index (κ1) is 17.7. The number of hydrogen-bond donors (Lipinski definition) is 1. The van der Waals surface area contributed by atoms with Crippen LogP contribution in [0.2, 0.25) is 0 Å². The molecule has 126 valence electrons. The highest BCUT2D eigenvalue weighted by Crippen LogP contribution is 2.31. The van der Waals surface area contributed by atoms with Crippen molar-refractivity contribution in [2.45, 2.75) is 45.8 Å². The number of amidine groups is 1. The Balaban J connectivity index is 2.27. The van der Waals surface area contributed by atoms with Crippen LogP contribution in [0.1, 0.15) is 32.3 Å². The molecule has 6 nitrogen and oxygen atoms in total. The number of rotatable bonds is 6. The summed E-state index contributed by atoms with van der Waals surface area (Å²) in [6.07, 6.45) is 1.71. The van der Waals surface area contributed by atoms with E-state index in [0.29, 0.717) is 0 Å². The van der Waals surface area contributed by atoms with E-state index in [4.69, 9.17) is 4.99 Å². The highest BCUT2D eigenvalue weighted by atomic mass is 32.2. The van der Waals surface area contributed by atoms with E-state index in [9.17, 15) is 15.2 Å². The molecule has 1 N–H and O–H groups in total. The van der Waals surface area contributed by atoms with Gasteiger partial charge in [-0.3, -0.25) is 10.1 Å². The second kappa shape index (κ2) is 7.79. The van der Waals surface area contributed by atoms with Crippen molar-refractivity contribution in [3.05, 3.63) is 33.9 Å². The van der Waals surface area contributed by atoms with Gasteiger partial charge in [0.25, 0.3) is 5.69 Å². The van der Waals surface area contributed by atoms with Gasteiger partial charge in [-0.05, 0) is 31.9 Å². The second-order valence-electron chi connectivity index (χ2n) is 5.79. The Hall–Kier alpha value is -1.60. The molecule has 0 radical (unpaired) electrons. The third kappa shape index (κ3) is 4.23. The second-order valence-corrected chi connectivity index (χ2v) is 6.78. The van der Waals surface area contributed by atoms with Gasteiger partial charge in [0, 0.05) is 24.4 Å². The topological polar surface area (TPSA) is 79.0 Å². The lowest BCUT2D eigenvalue weighted by molar-refractivity contribution is -0.384. The molecule has 7 heteroatoms. The van der Waals surface area contributed by atoms with Gasteiger partial charge in [-0.25, -0.2) is 4.99 Å². The van der Waals surface area contributed by atoms with Gasteiger partial charge in [0.05, 0.1) is 22.8 Å². The lowest BCUT2D eigenvalue weighted by atomic mass is 10.1. The maximum atomic E-state index is 10.8. The molecule has 1 saturated heterocycles. The van der Waals surface area contributed by atoms with Crippen molar-refractivity contribution in [3.63, 3.8) is 0 Å². The number of benzene rings is 1. The fraction of sp³-hybridized carbons (Fsp3) is 0.562. The largest absolute Gasteiger partial charge is 0.391 e. The van der Waals surface area contributed by atoms with Crippen LogP contribution in [0.3, 0.4) is 0 Å². The molecule has 0 spiro atoms. The summed E-state index contributed by atoms with van der Waals surface area (Å²) in [6.45, 7) is 6.64. The van der Waals surface area contributed by atoms with Gasteiger partial charge in [-0.1, -0.05) is 25.1 Å². The molecule has 0 aromatic heterocycles. The van der Waals surface area contributed by atoms with Crippen molar-refractivity contribution in [1.29, 1.82) is 0 Å². The minimum absolute atomic E-state index is 0.0728. The Labute approximate surface area is 140 Å². The number of aryl methyl sites for hydroxylation is 1. The van der Waals surface area contributed by atoms with Gasteiger partial charge in [-0.2, -0.15) is 0 Å².